The maximum atomic E-state index is 12.6. The average molecular weight is 350 g/mol. The molecule has 2 N–H and O–H groups in total. The summed E-state index contributed by atoms with van der Waals surface area (Å²) in [4.78, 5) is 14.4. The summed E-state index contributed by atoms with van der Waals surface area (Å²) >= 11 is 0. The Kier molecular flexibility index (Phi) is 4.63. The van der Waals surface area contributed by atoms with Crippen molar-refractivity contribution in [1.29, 1.82) is 0 Å². The van der Waals surface area contributed by atoms with Crippen LogP contribution in [-0.4, -0.2) is 29.9 Å². The van der Waals surface area contributed by atoms with Gasteiger partial charge in [0, 0.05) is 19.1 Å². The monoisotopic (exact) mass is 350 g/mol. The second kappa shape index (κ2) is 7.22. The number of ether oxygens (including phenoxy) is 1. The zero-order chi connectivity index (χ0) is 17.9. The summed E-state index contributed by atoms with van der Waals surface area (Å²) in [6, 6.07) is 17.7. The SMILES string of the molecule is NCC1CCCN1C(=O)c1ccc(COc2ccc3ccccc3c2)o1. The molecule has 1 saturated heterocycles. The Morgan fingerprint density at radius 1 is 1.15 bits per heavy atom. The van der Waals surface area contributed by atoms with Crippen molar-refractivity contribution in [3.8, 4) is 5.75 Å². The summed E-state index contributed by atoms with van der Waals surface area (Å²) in [7, 11) is 0. The molecule has 1 atom stereocenters. The highest BCUT2D eigenvalue weighted by molar-refractivity contribution is 5.92. The minimum Gasteiger partial charge on any atom is -0.486 e. The van der Waals surface area contributed by atoms with Crippen LogP contribution < -0.4 is 10.5 Å². The lowest BCUT2D eigenvalue weighted by Gasteiger charge is -2.22. The molecule has 5 heteroatoms. The molecule has 0 radical (unpaired) electrons. The highest BCUT2D eigenvalue weighted by Gasteiger charge is 2.29. The molecule has 0 aliphatic carbocycles. The second-order valence-corrected chi connectivity index (χ2v) is 6.59. The van der Waals surface area contributed by atoms with Gasteiger partial charge in [-0.15, -0.1) is 0 Å². The van der Waals surface area contributed by atoms with Crippen LogP contribution in [-0.2, 0) is 6.61 Å². The van der Waals surface area contributed by atoms with Gasteiger partial charge in [0.05, 0.1) is 0 Å². The van der Waals surface area contributed by atoms with Gasteiger partial charge in [0.15, 0.2) is 5.76 Å². The second-order valence-electron chi connectivity index (χ2n) is 6.59. The van der Waals surface area contributed by atoms with E-state index in [1.54, 1.807) is 12.1 Å². The Hall–Kier alpha value is -2.79. The van der Waals surface area contributed by atoms with Crippen LogP contribution in [0.15, 0.2) is 59.0 Å². The van der Waals surface area contributed by atoms with E-state index in [0.29, 0.717) is 18.1 Å². The molecule has 26 heavy (non-hydrogen) atoms. The lowest BCUT2D eigenvalue weighted by atomic mass is 10.1. The van der Waals surface area contributed by atoms with Crippen LogP contribution in [0.2, 0.25) is 0 Å². The molecule has 3 aromatic rings. The van der Waals surface area contributed by atoms with Crippen molar-refractivity contribution < 1.29 is 13.9 Å². The summed E-state index contributed by atoms with van der Waals surface area (Å²) in [5.74, 6) is 1.66. The maximum absolute atomic E-state index is 12.6. The molecule has 2 heterocycles. The molecule has 4 rings (SSSR count). The molecule has 1 aliphatic rings. The van der Waals surface area contributed by atoms with Crippen LogP contribution in [0.5, 0.6) is 5.75 Å². The largest absolute Gasteiger partial charge is 0.486 e. The lowest BCUT2D eigenvalue weighted by molar-refractivity contribution is 0.0705. The summed E-state index contributed by atoms with van der Waals surface area (Å²) in [6.45, 7) is 1.51. The number of nitrogens with zero attached hydrogens (tertiary/aromatic N) is 1. The van der Waals surface area contributed by atoms with Gasteiger partial charge in [-0.1, -0.05) is 30.3 Å². The first-order valence-electron chi connectivity index (χ1n) is 8.96. The number of likely N-dealkylation sites (tertiary alicyclic amines) is 1. The summed E-state index contributed by atoms with van der Waals surface area (Å²) < 4.78 is 11.5. The molecule has 1 aromatic heterocycles. The van der Waals surface area contributed by atoms with E-state index in [-0.39, 0.29) is 18.6 Å². The van der Waals surface area contributed by atoms with E-state index in [9.17, 15) is 4.79 Å². The fourth-order valence-electron chi connectivity index (χ4n) is 3.47. The predicted octanol–water partition coefficient (Wildman–Crippen LogP) is 3.58. The number of amides is 1. The Morgan fingerprint density at radius 3 is 2.85 bits per heavy atom. The van der Waals surface area contributed by atoms with Crippen molar-refractivity contribution in [3.63, 3.8) is 0 Å². The van der Waals surface area contributed by atoms with Crippen molar-refractivity contribution in [3.05, 3.63) is 66.1 Å². The first-order valence-corrected chi connectivity index (χ1v) is 8.96. The Bertz CT molecular complexity index is 918. The van der Waals surface area contributed by atoms with Crippen LogP contribution in [0.3, 0.4) is 0 Å². The van der Waals surface area contributed by atoms with E-state index in [4.69, 9.17) is 14.9 Å². The van der Waals surface area contributed by atoms with Crippen molar-refractivity contribution in [2.24, 2.45) is 5.73 Å². The molecule has 1 amide bonds. The molecule has 1 fully saturated rings. The molecule has 5 nitrogen and oxygen atoms in total. The third-order valence-electron chi connectivity index (χ3n) is 4.88. The van der Waals surface area contributed by atoms with Crippen LogP contribution in [0.4, 0.5) is 0 Å². The number of benzene rings is 2. The van der Waals surface area contributed by atoms with Gasteiger partial charge >= 0.3 is 0 Å². The topological polar surface area (TPSA) is 68.7 Å². The van der Waals surface area contributed by atoms with E-state index < -0.39 is 0 Å². The lowest BCUT2D eigenvalue weighted by Crippen LogP contribution is -2.39. The minimum atomic E-state index is -0.0881. The smallest absolute Gasteiger partial charge is 0.289 e. The number of rotatable bonds is 5. The first kappa shape index (κ1) is 16.7. The number of fused-ring (bicyclic) bond motifs is 1. The van der Waals surface area contributed by atoms with E-state index in [1.807, 2.05) is 35.2 Å². The highest BCUT2D eigenvalue weighted by Crippen LogP contribution is 2.23. The predicted molar refractivity (Wildman–Crippen MR) is 100 cm³/mol. The number of carbonyl (C=O) groups excluding carboxylic acids is 1. The Labute approximate surface area is 152 Å². The zero-order valence-electron chi connectivity index (χ0n) is 14.6. The van der Waals surface area contributed by atoms with Gasteiger partial charge in [-0.05, 0) is 47.9 Å². The van der Waals surface area contributed by atoms with Crippen LogP contribution in [0.1, 0.15) is 29.2 Å². The number of hydrogen-bond donors (Lipinski definition) is 1. The van der Waals surface area contributed by atoms with Crippen molar-refractivity contribution >= 4 is 16.7 Å². The van der Waals surface area contributed by atoms with Gasteiger partial charge < -0.3 is 19.8 Å². The third kappa shape index (κ3) is 3.30. The molecular weight excluding hydrogens is 328 g/mol. The van der Waals surface area contributed by atoms with E-state index in [2.05, 4.69) is 12.1 Å². The molecule has 2 aromatic carbocycles. The number of furan rings is 1. The molecule has 0 spiro atoms. The van der Waals surface area contributed by atoms with Gasteiger partial charge in [0.25, 0.3) is 5.91 Å². The van der Waals surface area contributed by atoms with Crippen molar-refractivity contribution in [2.75, 3.05) is 13.1 Å². The van der Waals surface area contributed by atoms with Crippen molar-refractivity contribution in [2.45, 2.75) is 25.5 Å². The van der Waals surface area contributed by atoms with Gasteiger partial charge in [-0.25, -0.2) is 0 Å². The van der Waals surface area contributed by atoms with Crippen LogP contribution in [0, 0.1) is 0 Å². The molecule has 134 valence electrons. The quantitative estimate of drug-likeness (QED) is 0.764. The highest BCUT2D eigenvalue weighted by atomic mass is 16.5. The maximum Gasteiger partial charge on any atom is 0.289 e. The normalized spacial score (nSPS) is 17.0. The summed E-state index contributed by atoms with van der Waals surface area (Å²) in [5, 5.41) is 2.30. The molecule has 0 saturated carbocycles. The summed E-state index contributed by atoms with van der Waals surface area (Å²) in [5.41, 5.74) is 5.75. The minimum absolute atomic E-state index is 0.0881. The molecule has 1 aliphatic heterocycles. The number of hydrogen-bond acceptors (Lipinski definition) is 4. The number of nitrogens with two attached hydrogens (primary N) is 1. The first-order chi connectivity index (χ1) is 12.7. The van der Waals surface area contributed by atoms with Crippen LogP contribution in [0.25, 0.3) is 10.8 Å². The van der Waals surface area contributed by atoms with Gasteiger partial charge in [-0.2, -0.15) is 0 Å². The fourth-order valence-corrected chi connectivity index (χ4v) is 3.47. The van der Waals surface area contributed by atoms with Gasteiger partial charge in [0.1, 0.15) is 18.1 Å². The Morgan fingerprint density at radius 2 is 2.00 bits per heavy atom. The van der Waals surface area contributed by atoms with E-state index in [0.717, 1.165) is 30.5 Å². The molecular formula is C21H22N2O3. The van der Waals surface area contributed by atoms with Gasteiger partial charge in [0.2, 0.25) is 0 Å². The molecule has 0 bridgehead atoms. The third-order valence-corrected chi connectivity index (χ3v) is 4.88. The van der Waals surface area contributed by atoms with E-state index in [1.165, 1.54) is 5.39 Å². The fraction of sp³-hybridized carbons (Fsp3) is 0.286. The standard InChI is InChI=1S/C21H22N2O3/c22-13-17-6-3-11-23(17)21(24)20-10-9-19(26-20)14-25-18-8-7-15-4-1-2-5-16(15)12-18/h1-2,4-5,7-10,12,17H,3,6,11,13-14,22H2. The average Bonchev–Trinajstić information content (AvgIpc) is 3.35. The number of carbonyl (C=O) groups is 1. The van der Waals surface area contributed by atoms with E-state index >= 15 is 0 Å². The zero-order valence-corrected chi connectivity index (χ0v) is 14.6. The Balaban J connectivity index is 1.42. The van der Waals surface area contributed by atoms with Crippen LogP contribution >= 0.6 is 0 Å². The molecule has 1 unspecified atom stereocenters. The van der Waals surface area contributed by atoms with Crippen molar-refractivity contribution in [1.82, 2.24) is 4.90 Å². The van der Waals surface area contributed by atoms with Gasteiger partial charge in [-0.3, -0.25) is 4.79 Å². The summed E-state index contributed by atoms with van der Waals surface area (Å²) in [6.07, 6.45) is 1.95.